The van der Waals surface area contributed by atoms with E-state index in [0.717, 1.165) is 0 Å². The summed E-state index contributed by atoms with van der Waals surface area (Å²) in [5.41, 5.74) is 4.57. The van der Waals surface area contributed by atoms with Crippen molar-refractivity contribution in [2.75, 3.05) is 19.8 Å². The van der Waals surface area contributed by atoms with Crippen LogP contribution in [0.15, 0.2) is 0 Å². The number of aliphatic carboxylic acids is 1. The Labute approximate surface area is 220 Å². The summed E-state index contributed by atoms with van der Waals surface area (Å²) in [6, 6.07) is 0. The monoisotopic (exact) mass is 557 g/mol. The number of aliphatic hydroxyl groups excluding tert-OH is 6. The van der Waals surface area contributed by atoms with Crippen LogP contribution in [-0.4, -0.2) is 184 Å². The van der Waals surface area contributed by atoms with Crippen molar-refractivity contribution in [2.45, 2.75) is 24.4 Å². The molecule has 0 heterocycles. The summed E-state index contributed by atoms with van der Waals surface area (Å²) in [5.74, 6) is -0.968. The molecule has 31 heavy (non-hydrogen) atoms. The molecule has 0 bridgehead atoms. The van der Waals surface area contributed by atoms with Gasteiger partial charge in [-0.05, 0) is 0 Å². The number of nitrogens with two attached hydrogens (primary N) is 1. The van der Waals surface area contributed by atoms with Crippen molar-refractivity contribution in [1.29, 1.82) is 0 Å². The van der Waals surface area contributed by atoms with Gasteiger partial charge in [-0.2, -0.15) is 0 Å². The van der Waals surface area contributed by atoms with Crippen molar-refractivity contribution in [2.24, 2.45) is 5.73 Å². The summed E-state index contributed by atoms with van der Waals surface area (Å²) in [6.07, 6.45) is -6.39. The number of aliphatic hydroxyl groups is 6. The summed E-state index contributed by atoms with van der Waals surface area (Å²) >= 11 is -3.33. The molecule has 0 aromatic heterocycles. The van der Waals surface area contributed by atoms with Gasteiger partial charge in [-0.3, -0.25) is 4.79 Å². The van der Waals surface area contributed by atoms with Crippen molar-refractivity contribution in [3.05, 3.63) is 0 Å². The average molecular weight is 557 g/mol. The molecular formula is C8H25Al2CaNO17Si2. The molecule has 0 saturated heterocycles. The summed E-state index contributed by atoms with van der Waals surface area (Å²) in [4.78, 5) is 9.24. The summed E-state index contributed by atoms with van der Waals surface area (Å²) in [6.45, 7) is -1.73. The Morgan fingerprint density at radius 1 is 0.871 bits per heavy atom. The fourth-order valence-electron chi connectivity index (χ4n) is 0.866. The molecule has 0 rings (SSSR count). The molecule has 4 atom stereocenters. The minimum absolute atomic E-state index is 0. The summed E-state index contributed by atoms with van der Waals surface area (Å²) in [7, 11) is -6.01. The van der Waals surface area contributed by atoms with Gasteiger partial charge in [0.2, 0.25) is 0 Å². The van der Waals surface area contributed by atoms with Gasteiger partial charge >= 0.3 is 121 Å². The van der Waals surface area contributed by atoms with E-state index in [9.17, 15) is 21.3 Å². The van der Waals surface area contributed by atoms with Gasteiger partial charge in [-0.25, -0.2) is 0 Å². The van der Waals surface area contributed by atoms with E-state index in [4.69, 9.17) is 35.7 Å². The van der Waals surface area contributed by atoms with Crippen molar-refractivity contribution in [1.82, 2.24) is 0 Å². The second kappa shape index (κ2) is 30.5. The Morgan fingerprint density at radius 3 is 1.29 bits per heavy atom. The first-order valence-electron chi connectivity index (χ1n) is 6.84. The van der Waals surface area contributed by atoms with Crippen LogP contribution < -0.4 is 5.73 Å². The van der Waals surface area contributed by atoms with E-state index in [-0.39, 0.29) is 55.2 Å². The van der Waals surface area contributed by atoms with Gasteiger partial charge in [-0.15, -0.1) is 0 Å². The predicted octanol–water partition coefficient (Wildman–Crippen LogP) is -9.32. The third kappa shape index (κ3) is 30.5. The topological polar surface area (TPSA) is 344 Å². The normalized spacial score (nSPS) is 12.0. The fourth-order valence-corrected chi connectivity index (χ4v) is 3.29. The molecule has 18 nitrogen and oxygen atoms in total. The van der Waals surface area contributed by atoms with Crippen LogP contribution >= 0.6 is 0 Å². The molecule has 23 heteroatoms. The number of carbonyl (C=O) groups is 1. The quantitative estimate of drug-likeness (QED) is 0.103. The van der Waals surface area contributed by atoms with Crippen LogP contribution in [0.3, 0.4) is 0 Å². The van der Waals surface area contributed by atoms with Crippen molar-refractivity contribution < 1.29 is 79.1 Å². The number of carboxylic acids is 1. The standard InChI is InChI=1S/C6H14O6.C2H5NO2.2Al.Ca.O5Si2.2H2O.2O.2H/c7-1-3(9)5(11)6(12)4(10)2-8;3-1-2(4)5;;;;1-6(2)5-7(3)4;;;;;;/h3-12H,1-2H2;1,3H2,(H,4,5);;;;;2*1H2;;;;/q;;2*+1;;-2;;;;;;. The SMILES string of the molecule is NCC(=O)O.O.O.OCC(O)C(O)C(O)C(O)CO.[CaH2].[O]=[Al][O][Si](=O)O[Si](=O)[O][Al]=[O]. The summed E-state index contributed by atoms with van der Waals surface area (Å²) in [5, 5.41) is 59.8. The maximum absolute atomic E-state index is 10.3. The fraction of sp³-hybridized carbons (Fsp3) is 0.875. The van der Waals surface area contributed by atoms with E-state index < -0.39 is 92.9 Å². The Hall–Kier alpha value is 0.468. The molecule has 0 saturated carbocycles. The molecule has 0 aliphatic rings. The second-order valence-corrected chi connectivity index (χ2v) is 8.20. The molecule has 0 spiro atoms. The predicted molar refractivity (Wildman–Crippen MR) is 99.7 cm³/mol. The molecule has 4 unspecified atom stereocenters. The zero-order valence-electron chi connectivity index (χ0n) is 15.1. The molecule has 0 aromatic rings. The molecule has 0 aromatic carbocycles. The third-order valence-corrected chi connectivity index (χ3v) is 5.79. The molecule has 180 valence electrons. The van der Waals surface area contributed by atoms with Crippen LogP contribution in [0, 0.1) is 0 Å². The molecule has 0 fully saturated rings. The maximum atomic E-state index is 10.3. The van der Waals surface area contributed by atoms with Gasteiger partial charge in [0.25, 0.3) is 0 Å². The Kier molecular flexibility index (Phi) is 44.3. The van der Waals surface area contributed by atoms with Gasteiger partial charge in [0, 0.05) is 0 Å². The van der Waals surface area contributed by atoms with Crippen molar-refractivity contribution in [3.8, 4) is 0 Å². The van der Waals surface area contributed by atoms with E-state index in [1.54, 1.807) is 0 Å². The number of carboxylic acid groups (broad SMARTS) is 1. The van der Waals surface area contributed by atoms with E-state index in [2.05, 4.69) is 16.8 Å². The van der Waals surface area contributed by atoms with E-state index in [1.165, 1.54) is 0 Å². The van der Waals surface area contributed by atoms with Crippen LogP contribution in [0.5, 0.6) is 0 Å². The van der Waals surface area contributed by atoms with Crippen LogP contribution in [0.1, 0.15) is 0 Å². The van der Waals surface area contributed by atoms with Gasteiger partial charge in [-0.1, -0.05) is 0 Å². The second-order valence-electron chi connectivity index (χ2n) is 4.11. The molecule has 0 amide bonds. The zero-order chi connectivity index (χ0) is 22.7. The van der Waals surface area contributed by atoms with Crippen LogP contribution in [0.2, 0.25) is 0 Å². The van der Waals surface area contributed by atoms with Crippen molar-refractivity contribution >= 4 is 93.0 Å². The molecule has 0 aliphatic heterocycles. The zero-order valence-corrected chi connectivity index (χ0v) is 19.4. The Balaban J connectivity index is -0.0000000770. The minimum atomic E-state index is -3.00. The number of hydrogen-bond donors (Lipinski definition) is 8. The number of rotatable bonds is 12. The molecule has 0 aliphatic carbocycles. The first-order valence-corrected chi connectivity index (χ1v) is 11.2. The van der Waals surface area contributed by atoms with E-state index >= 15 is 0 Å². The first kappa shape index (κ1) is 45.0. The number of hydrogen-bond acceptors (Lipinski definition) is 15. The van der Waals surface area contributed by atoms with Crippen molar-refractivity contribution in [3.63, 3.8) is 0 Å². The average Bonchev–Trinajstić information content (AvgIpc) is 2.66. The van der Waals surface area contributed by atoms with Crippen LogP contribution in [-0.2, 0) is 32.4 Å². The van der Waals surface area contributed by atoms with Crippen LogP contribution in [0.25, 0.3) is 0 Å². The van der Waals surface area contributed by atoms with Gasteiger partial charge in [0.05, 0.1) is 19.8 Å². The molecular weight excluding hydrogens is 532 g/mol. The van der Waals surface area contributed by atoms with E-state index in [1.807, 2.05) is 0 Å². The van der Waals surface area contributed by atoms with Gasteiger partial charge in [0.1, 0.15) is 24.4 Å². The third-order valence-electron chi connectivity index (χ3n) is 2.14. The van der Waals surface area contributed by atoms with Gasteiger partial charge < -0.3 is 52.4 Å². The van der Waals surface area contributed by atoms with E-state index in [0.29, 0.717) is 0 Å². The molecule has 0 radical (unpaired) electrons. The summed E-state index contributed by atoms with van der Waals surface area (Å²) < 4.78 is 52.0. The van der Waals surface area contributed by atoms with Crippen LogP contribution in [0.4, 0.5) is 0 Å². The van der Waals surface area contributed by atoms with Gasteiger partial charge in [0.15, 0.2) is 0 Å². The Bertz CT molecular complexity index is 459. The first-order chi connectivity index (χ1) is 13.0. The molecule has 13 N–H and O–H groups in total. The Morgan fingerprint density at radius 2 is 1.13 bits per heavy atom.